The van der Waals surface area contributed by atoms with Gasteiger partial charge in [0.15, 0.2) is 11.4 Å². The highest BCUT2D eigenvalue weighted by Gasteiger charge is 2.21. The lowest BCUT2D eigenvalue weighted by Crippen LogP contribution is -2.46. The van der Waals surface area contributed by atoms with Gasteiger partial charge in [-0.2, -0.15) is 0 Å². The first-order valence-electron chi connectivity index (χ1n) is 8.67. The quantitative estimate of drug-likeness (QED) is 0.652. The fourth-order valence-electron chi connectivity index (χ4n) is 3.33. The minimum Gasteiger partial charge on any atom is -0.354 e. The highest BCUT2D eigenvalue weighted by molar-refractivity contribution is 5.88. The van der Waals surface area contributed by atoms with Crippen molar-refractivity contribution in [2.45, 2.75) is 19.4 Å². The largest absolute Gasteiger partial charge is 0.354 e. The zero-order chi connectivity index (χ0) is 16.2. The normalized spacial score (nSPS) is 16.1. The molecule has 0 aliphatic carbocycles. The van der Waals surface area contributed by atoms with Gasteiger partial charge in [-0.15, -0.1) is 0 Å². The Morgan fingerprint density at radius 1 is 1.00 bits per heavy atom. The van der Waals surface area contributed by atoms with Crippen LogP contribution in [-0.2, 0) is 6.54 Å². The molecule has 3 heterocycles. The van der Waals surface area contributed by atoms with Gasteiger partial charge in [0, 0.05) is 45.1 Å². The SMILES string of the molecule is c1ccc2c(N3CCN(CCCCn4ccnc4)CC3)noc2c1. The van der Waals surface area contributed by atoms with Gasteiger partial charge in [0.2, 0.25) is 0 Å². The van der Waals surface area contributed by atoms with Crippen LogP contribution in [0.25, 0.3) is 11.0 Å². The van der Waals surface area contributed by atoms with E-state index in [9.17, 15) is 0 Å². The maximum Gasteiger partial charge on any atom is 0.180 e. The van der Waals surface area contributed by atoms with Crippen molar-refractivity contribution in [1.82, 2.24) is 19.6 Å². The second kappa shape index (κ2) is 7.05. The van der Waals surface area contributed by atoms with E-state index in [1.165, 1.54) is 19.4 Å². The maximum atomic E-state index is 5.43. The lowest BCUT2D eigenvalue weighted by molar-refractivity contribution is 0.250. The van der Waals surface area contributed by atoms with E-state index >= 15 is 0 Å². The van der Waals surface area contributed by atoms with Gasteiger partial charge in [0.25, 0.3) is 0 Å². The molecule has 0 bridgehead atoms. The molecular weight excluding hydrogens is 302 g/mol. The molecule has 1 saturated heterocycles. The Bertz CT molecular complexity index is 759. The third kappa shape index (κ3) is 3.28. The first-order valence-corrected chi connectivity index (χ1v) is 8.67. The van der Waals surface area contributed by atoms with Crippen LogP contribution in [0.4, 0.5) is 5.82 Å². The average molecular weight is 325 g/mol. The molecule has 1 aromatic carbocycles. The molecule has 0 amide bonds. The summed E-state index contributed by atoms with van der Waals surface area (Å²) >= 11 is 0. The third-order valence-electron chi connectivity index (χ3n) is 4.73. The molecule has 1 fully saturated rings. The van der Waals surface area contributed by atoms with Crippen molar-refractivity contribution < 1.29 is 4.52 Å². The van der Waals surface area contributed by atoms with Crippen LogP contribution in [0.5, 0.6) is 0 Å². The topological polar surface area (TPSA) is 50.3 Å². The van der Waals surface area contributed by atoms with Gasteiger partial charge in [-0.1, -0.05) is 17.3 Å². The number of imidazole rings is 1. The smallest absolute Gasteiger partial charge is 0.180 e. The number of benzene rings is 1. The fourth-order valence-corrected chi connectivity index (χ4v) is 3.33. The third-order valence-corrected chi connectivity index (χ3v) is 4.73. The van der Waals surface area contributed by atoms with Gasteiger partial charge in [-0.05, 0) is 31.5 Å². The zero-order valence-electron chi connectivity index (χ0n) is 13.8. The van der Waals surface area contributed by atoms with Crippen LogP contribution < -0.4 is 4.90 Å². The lowest BCUT2D eigenvalue weighted by atomic mass is 10.2. The van der Waals surface area contributed by atoms with Crippen molar-refractivity contribution in [1.29, 1.82) is 0 Å². The Balaban J connectivity index is 1.24. The van der Waals surface area contributed by atoms with Crippen LogP contribution in [-0.4, -0.2) is 52.3 Å². The second-order valence-electron chi connectivity index (χ2n) is 6.34. The summed E-state index contributed by atoms with van der Waals surface area (Å²) in [5.74, 6) is 0.991. The number of fused-ring (bicyclic) bond motifs is 1. The first-order chi connectivity index (χ1) is 11.9. The fraction of sp³-hybridized carbons (Fsp3) is 0.444. The van der Waals surface area contributed by atoms with Gasteiger partial charge < -0.3 is 14.0 Å². The van der Waals surface area contributed by atoms with Crippen molar-refractivity contribution in [2.24, 2.45) is 0 Å². The maximum absolute atomic E-state index is 5.43. The van der Waals surface area contributed by atoms with Crippen molar-refractivity contribution >= 4 is 16.8 Å². The molecule has 24 heavy (non-hydrogen) atoms. The molecule has 0 unspecified atom stereocenters. The Morgan fingerprint density at radius 3 is 2.67 bits per heavy atom. The summed E-state index contributed by atoms with van der Waals surface area (Å²) in [5, 5.41) is 5.39. The van der Waals surface area contributed by atoms with Crippen molar-refractivity contribution in [3.05, 3.63) is 43.0 Å². The number of hydrogen-bond acceptors (Lipinski definition) is 5. The molecular formula is C18H23N5O. The van der Waals surface area contributed by atoms with E-state index in [1.54, 1.807) is 0 Å². The number of unbranched alkanes of at least 4 members (excludes halogenated alkanes) is 1. The number of para-hydroxylation sites is 1. The van der Waals surface area contributed by atoms with Crippen LogP contribution in [0.1, 0.15) is 12.8 Å². The van der Waals surface area contributed by atoms with Crippen molar-refractivity contribution in [3.8, 4) is 0 Å². The number of hydrogen-bond donors (Lipinski definition) is 0. The monoisotopic (exact) mass is 325 g/mol. The predicted molar refractivity (Wildman–Crippen MR) is 94.1 cm³/mol. The number of aromatic nitrogens is 3. The molecule has 0 saturated carbocycles. The highest BCUT2D eigenvalue weighted by atomic mass is 16.5. The molecule has 6 heteroatoms. The number of nitrogens with zero attached hydrogens (tertiary/aromatic N) is 5. The Morgan fingerprint density at radius 2 is 1.83 bits per heavy atom. The van der Waals surface area contributed by atoms with Gasteiger partial charge in [0.05, 0.1) is 11.7 Å². The predicted octanol–water partition coefficient (Wildman–Crippen LogP) is 2.63. The summed E-state index contributed by atoms with van der Waals surface area (Å²) < 4.78 is 7.58. The molecule has 1 aliphatic heterocycles. The van der Waals surface area contributed by atoms with Crippen LogP contribution in [0.3, 0.4) is 0 Å². The van der Waals surface area contributed by atoms with Crippen LogP contribution in [0.2, 0.25) is 0 Å². The van der Waals surface area contributed by atoms with Crippen LogP contribution in [0, 0.1) is 0 Å². The zero-order valence-corrected chi connectivity index (χ0v) is 13.8. The number of rotatable bonds is 6. The molecule has 0 radical (unpaired) electrons. The van der Waals surface area contributed by atoms with Gasteiger partial charge in [0.1, 0.15) is 0 Å². The van der Waals surface area contributed by atoms with E-state index in [0.29, 0.717) is 0 Å². The molecule has 0 N–H and O–H groups in total. The molecule has 0 atom stereocenters. The average Bonchev–Trinajstić information content (AvgIpc) is 3.29. The highest BCUT2D eigenvalue weighted by Crippen LogP contribution is 2.26. The van der Waals surface area contributed by atoms with E-state index in [4.69, 9.17) is 4.52 Å². The minimum atomic E-state index is 0.870. The summed E-state index contributed by atoms with van der Waals surface area (Å²) in [6, 6.07) is 8.09. The van der Waals surface area contributed by atoms with E-state index in [0.717, 1.165) is 49.5 Å². The lowest BCUT2D eigenvalue weighted by Gasteiger charge is -2.34. The Kier molecular flexibility index (Phi) is 4.46. The molecule has 126 valence electrons. The molecule has 4 rings (SSSR count). The van der Waals surface area contributed by atoms with Crippen molar-refractivity contribution in [2.75, 3.05) is 37.6 Å². The number of anilines is 1. The standard InChI is InChI=1S/C18H23N5O/c1-2-6-17-16(5-1)18(20-24-17)23-13-11-21(12-14-23)8-3-4-9-22-10-7-19-15-22/h1-2,5-7,10,15H,3-4,8-9,11-14H2. The van der Waals surface area contributed by atoms with Crippen LogP contribution >= 0.6 is 0 Å². The molecule has 3 aromatic rings. The Hall–Kier alpha value is -2.34. The molecule has 0 spiro atoms. The van der Waals surface area contributed by atoms with Crippen LogP contribution in [0.15, 0.2) is 47.5 Å². The molecule has 1 aliphatic rings. The molecule has 6 nitrogen and oxygen atoms in total. The van der Waals surface area contributed by atoms with Gasteiger partial charge >= 0.3 is 0 Å². The summed E-state index contributed by atoms with van der Waals surface area (Å²) in [4.78, 5) is 8.97. The van der Waals surface area contributed by atoms with E-state index in [2.05, 4.69) is 30.6 Å². The number of aryl methyl sites for hydroxylation is 1. The molecule has 2 aromatic heterocycles. The first kappa shape index (κ1) is 15.2. The minimum absolute atomic E-state index is 0.870. The summed E-state index contributed by atoms with van der Waals surface area (Å²) in [7, 11) is 0. The van der Waals surface area contributed by atoms with Gasteiger partial charge in [-0.25, -0.2) is 4.98 Å². The summed E-state index contributed by atoms with van der Waals surface area (Å²) in [5.41, 5.74) is 0.870. The second-order valence-corrected chi connectivity index (χ2v) is 6.34. The van der Waals surface area contributed by atoms with E-state index < -0.39 is 0 Å². The summed E-state index contributed by atoms with van der Waals surface area (Å²) in [6.07, 6.45) is 8.18. The van der Waals surface area contributed by atoms with E-state index in [-0.39, 0.29) is 0 Å². The van der Waals surface area contributed by atoms with Crippen molar-refractivity contribution in [3.63, 3.8) is 0 Å². The van der Waals surface area contributed by atoms with E-state index in [1.807, 2.05) is 36.9 Å². The van der Waals surface area contributed by atoms with Gasteiger partial charge in [-0.3, -0.25) is 4.90 Å². The number of piperazine rings is 1. The Labute approximate surface area is 141 Å². The summed E-state index contributed by atoms with van der Waals surface area (Å²) in [6.45, 7) is 6.43.